The van der Waals surface area contributed by atoms with Gasteiger partial charge in [0, 0.05) is 35.2 Å². The molecule has 1 aromatic carbocycles. The zero-order valence-corrected chi connectivity index (χ0v) is 13.6. The lowest BCUT2D eigenvalue weighted by Crippen LogP contribution is -2.55. The summed E-state index contributed by atoms with van der Waals surface area (Å²) in [5.74, 6) is 0.123. The maximum absolute atomic E-state index is 8.73. The Morgan fingerprint density at radius 3 is 2.45 bits per heavy atom. The molecule has 2 unspecified atom stereocenters. The lowest BCUT2D eigenvalue weighted by molar-refractivity contribution is 0.170. The van der Waals surface area contributed by atoms with Crippen molar-refractivity contribution in [1.82, 2.24) is 4.90 Å². The first kappa shape index (κ1) is 15.1. The summed E-state index contributed by atoms with van der Waals surface area (Å²) in [5, 5.41) is 11.8. The van der Waals surface area contributed by atoms with Crippen LogP contribution in [0.25, 0.3) is 0 Å². The lowest BCUT2D eigenvalue weighted by Gasteiger charge is -2.43. The van der Waals surface area contributed by atoms with Gasteiger partial charge in [0.15, 0.2) is 5.84 Å². The van der Waals surface area contributed by atoms with Crippen LogP contribution >= 0.6 is 15.9 Å². The van der Waals surface area contributed by atoms with E-state index in [2.05, 4.69) is 51.8 Å². The highest BCUT2D eigenvalue weighted by molar-refractivity contribution is 9.10. The van der Waals surface area contributed by atoms with E-state index in [1.165, 1.54) is 0 Å². The molecule has 6 heteroatoms. The second-order valence-corrected chi connectivity index (χ2v) is 6.27. The smallest absolute Gasteiger partial charge is 0.170 e. The van der Waals surface area contributed by atoms with E-state index in [0.29, 0.717) is 17.6 Å². The highest BCUT2D eigenvalue weighted by atomic mass is 79.9. The van der Waals surface area contributed by atoms with E-state index in [9.17, 15) is 0 Å². The first-order chi connectivity index (χ1) is 9.43. The van der Waals surface area contributed by atoms with Gasteiger partial charge >= 0.3 is 0 Å². The van der Waals surface area contributed by atoms with Gasteiger partial charge in [-0.2, -0.15) is 0 Å². The van der Waals surface area contributed by atoms with Gasteiger partial charge in [-0.1, -0.05) is 5.16 Å². The van der Waals surface area contributed by atoms with Crippen molar-refractivity contribution in [3.63, 3.8) is 0 Å². The van der Waals surface area contributed by atoms with E-state index >= 15 is 0 Å². The van der Waals surface area contributed by atoms with E-state index < -0.39 is 0 Å². The number of hydrogen-bond acceptors (Lipinski definition) is 4. The standard InChI is InChI=1S/C14H21BrN4O/c1-9-7-19(8-10(2)18(9)3)13-5-4-11(6-12(13)15)14(16)17-20/h4-6,9-10,20H,7-8H2,1-3H3,(H2,16,17). The molecule has 1 aromatic rings. The van der Waals surface area contributed by atoms with E-state index in [0.717, 1.165) is 23.2 Å². The van der Waals surface area contributed by atoms with Gasteiger partial charge in [-0.25, -0.2) is 0 Å². The SMILES string of the molecule is CC1CN(c2ccc(/C(N)=N/O)cc2Br)CC(C)N1C. The highest BCUT2D eigenvalue weighted by Crippen LogP contribution is 2.30. The van der Waals surface area contributed by atoms with Gasteiger partial charge in [-0.3, -0.25) is 4.90 Å². The summed E-state index contributed by atoms with van der Waals surface area (Å²) in [6.45, 7) is 6.45. The normalized spacial score (nSPS) is 25.0. The third kappa shape index (κ3) is 2.91. The molecule has 20 heavy (non-hydrogen) atoms. The minimum atomic E-state index is 0.123. The quantitative estimate of drug-likeness (QED) is 0.374. The number of amidine groups is 1. The molecule has 0 aliphatic carbocycles. The third-order valence-corrected chi connectivity index (χ3v) is 4.69. The van der Waals surface area contributed by atoms with Crippen molar-refractivity contribution in [3.8, 4) is 0 Å². The van der Waals surface area contributed by atoms with Crippen molar-refractivity contribution in [3.05, 3.63) is 28.2 Å². The number of benzene rings is 1. The molecule has 2 rings (SSSR count). The van der Waals surface area contributed by atoms with E-state index in [1.54, 1.807) is 0 Å². The molecule has 0 aromatic heterocycles. The Hall–Kier alpha value is -1.27. The Balaban J connectivity index is 2.25. The molecule has 0 bridgehead atoms. The lowest BCUT2D eigenvalue weighted by atomic mass is 10.1. The van der Waals surface area contributed by atoms with Gasteiger partial charge in [0.25, 0.3) is 0 Å². The number of piperazine rings is 1. The van der Waals surface area contributed by atoms with Gasteiger partial charge in [0.2, 0.25) is 0 Å². The van der Waals surface area contributed by atoms with Crippen LogP contribution in [0.15, 0.2) is 27.8 Å². The number of likely N-dealkylation sites (N-methyl/N-ethyl adjacent to an activating group) is 1. The predicted molar refractivity (Wildman–Crippen MR) is 85.6 cm³/mol. The minimum Gasteiger partial charge on any atom is -0.409 e. The Kier molecular flexibility index (Phi) is 4.55. The molecule has 3 N–H and O–H groups in total. The van der Waals surface area contributed by atoms with Gasteiger partial charge in [-0.05, 0) is 55.0 Å². The molecule has 0 saturated carbocycles. The summed E-state index contributed by atoms with van der Waals surface area (Å²) in [7, 11) is 2.17. The van der Waals surface area contributed by atoms with Crippen molar-refractivity contribution in [2.24, 2.45) is 10.9 Å². The second kappa shape index (κ2) is 6.01. The number of anilines is 1. The Morgan fingerprint density at radius 1 is 1.35 bits per heavy atom. The van der Waals surface area contributed by atoms with Gasteiger partial charge in [-0.15, -0.1) is 0 Å². The number of halogens is 1. The van der Waals surface area contributed by atoms with Crippen LogP contribution < -0.4 is 10.6 Å². The number of rotatable bonds is 2. The predicted octanol–water partition coefficient (Wildman–Crippen LogP) is 2.07. The maximum atomic E-state index is 8.73. The minimum absolute atomic E-state index is 0.123. The van der Waals surface area contributed by atoms with E-state index in [-0.39, 0.29) is 5.84 Å². The van der Waals surface area contributed by atoms with Crippen LogP contribution in [0, 0.1) is 0 Å². The number of hydrogen-bond donors (Lipinski definition) is 2. The van der Waals surface area contributed by atoms with Crippen molar-refractivity contribution < 1.29 is 5.21 Å². The molecule has 0 spiro atoms. The number of nitrogens with zero attached hydrogens (tertiary/aromatic N) is 3. The molecule has 0 radical (unpaired) electrons. The topological polar surface area (TPSA) is 65.1 Å². The fourth-order valence-electron chi connectivity index (χ4n) is 2.58. The molecular weight excluding hydrogens is 320 g/mol. The summed E-state index contributed by atoms with van der Waals surface area (Å²) in [6, 6.07) is 6.80. The molecule has 1 aliphatic heterocycles. The van der Waals surface area contributed by atoms with Gasteiger partial charge in [0.1, 0.15) is 0 Å². The van der Waals surface area contributed by atoms with Gasteiger partial charge < -0.3 is 15.8 Å². The monoisotopic (exact) mass is 340 g/mol. The Morgan fingerprint density at radius 2 is 1.95 bits per heavy atom. The fourth-order valence-corrected chi connectivity index (χ4v) is 3.21. The van der Waals surface area contributed by atoms with Crippen molar-refractivity contribution in [1.29, 1.82) is 0 Å². The molecule has 0 amide bonds. The van der Waals surface area contributed by atoms with Crippen LogP contribution in [0.5, 0.6) is 0 Å². The zero-order chi connectivity index (χ0) is 14.9. The maximum Gasteiger partial charge on any atom is 0.170 e. The summed E-state index contributed by atoms with van der Waals surface area (Å²) >= 11 is 3.59. The molecule has 1 fully saturated rings. The molecule has 2 atom stereocenters. The van der Waals surface area contributed by atoms with Gasteiger partial charge in [0.05, 0.1) is 5.69 Å². The number of oxime groups is 1. The summed E-state index contributed by atoms with van der Waals surface area (Å²) in [5.41, 5.74) is 7.46. The van der Waals surface area contributed by atoms with E-state index in [4.69, 9.17) is 10.9 Å². The Bertz CT molecular complexity index is 508. The fraction of sp³-hybridized carbons (Fsp3) is 0.500. The molecule has 1 heterocycles. The second-order valence-electron chi connectivity index (χ2n) is 5.42. The summed E-state index contributed by atoms with van der Waals surface area (Å²) in [4.78, 5) is 4.77. The summed E-state index contributed by atoms with van der Waals surface area (Å²) < 4.78 is 0.963. The molecule has 110 valence electrons. The first-order valence-electron chi connectivity index (χ1n) is 6.68. The first-order valence-corrected chi connectivity index (χ1v) is 7.47. The Labute approximate surface area is 128 Å². The average molecular weight is 341 g/mol. The summed E-state index contributed by atoms with van der Waals surface area (Å²) in [6.07, 6.45) is 0. The highest BCUT2D eigenvalue weighted by Gasteiger charge is 2.27. The molecule has 1 saturated heterocycles. The van der Waals surface area contributed by atoms with Crippen LogP contribution in [-0.4, -0.2) is 48.2 Å². The number of nitrogens with two attached hydrogens (primary N) is 1. The largest absolute Gasteiger partial charge is 0.409 e. The van der Waals surface area contributed by atoms with E-state index in [1.807, 2.05) is 18.2 Å². The average Bonchev–Trinajstić information content (AvgIpc) is 2.43. The van der Waals surface area contributed by atoms with Crippen molar-refractivity contribution in [2.75, 3.05) is 25.0 Å². The van der Waals surface area contributed by atoms with Crippen LogP contribution in [0.3, 0.4) is 0 Å². The van der Waals surface area contributed by atoms with Crippen LogP contribution in [0.4, 0.5) is 5.69 Å². The van der Waals surface area contributed by atoms with Crippen LogP contribution in [0.1, 0.15) is 19.4 Å². The molecule has 1 aliphatic rings. The van der Waals surface area contributed by atoms with Crippen molar-refractivity contribution in [2.45, 2.75) is 25.9 Å². The third-order valence-electron chi connectivity index (χ3n) is 4.05. The molecule has 5 nitrogen and oxygen atoms in total. The van der Waals surface area contributed by atoms with Crippen LogP contribution in [-0.2, 0) is 0 Å². The molecular formula is C14H21BrN4O. The van der Waals surface area contributed by atoms with Crippen LogP contribution in [0.2, 0.25) is 0 Å². The zero-order valence-electron chi connectivity index (χ0n) is 12.0. The van der Waals surface area contributed by atoms with Crippen molar-refractivity contribution >= 4 is 27.5 Å².